The highest BCUT2D eigenvalue weighted by molar-refractivity contribution is 6.33. The van der Waals surface area contributed by atoms with E-state index < -0.39 is 0 Å². The molecule has 0 atom stereocenters. The first-order valence-electron chi connectivity index (χ1n) is 12.1. The summed E-state index contributed by atoms with van der Waals surface area (Å²) in [5.41, 5.74) is 4.80. The van der Waals surface area contributed by atoms with Gasteiger partial charge in [0.05, 0.1) is 21.9 Å². The number of nitrogens with one attached hydrogen (secondary N) is 2. The van der Waals surface area contributed by atoms with Gasteiger partial charge in [0, 0.05) is 47.1 Å². The molecule has 7 nitrogen and oxygen atoms in total. The molecule has 0 spiro atoms. The van der Waals surface area contributed by atoms with E-state index in [4.69, 9.17) is 32.9 Å². The van der Waals surface area contributed by atoms with Crippen molar-refractivity contribution in [3.8, 4) is 17.0 Å². The Kier molecular flexibility index (Phi) is 7.39. The highest BCUT2D eigenvalue weighted by Crippen LogP contribution is 2.35. The van der Waals surface area contributed by atoms with Crippen LogP contribution in [-0.2, 0) is 17.9 Å². The van der Waals surface area contributed by atoms with Crippen LogP contribution in [0.25, 0.3) is 22.2 Å². The average Bonchev–Trinajstić information content (AvgIpc) is 3.32. The fourth-order valence-corrected chi connectivity index (χ4v) is 5.22. The van der Waals surface area contributed by atoms with Crippen LogP contribution in [0.3, 0.4) is 0 Å². The number of carbonyl (C=O) groups excluding carboxylic acids is 1. The predicted octanol–water partition coefficient (Wildman–Crippen LogP) is 6.41. The summed E-state index contributed by atoms with van der Waals surface area (Å²) in [7, 11) is 0. The fourth-order valence-electron chi connectivity index (χ4n) is 4.79. The van der Waals surface area contributed by atoms with Crippen molar-refractivity contribution in [2.24, 2.45) is 5.92 Å². The molecule has 1 aromatic carbocycles. The van der Waals surface area contributed by atoms with Crippen molar-refractivity contribution in [2.75, 3.05) is 0 Å². The summed E-state index contributed by atoms with van der Waals surface area (Å²) in [6.07, 6.45) is 10.3. The third kappa shape index (κ3) is 5.18. The van der Waals surface area contributed by atoms with Crippen molar-refractivity contribution >= 4 is 40.0 Å². The van der Waals surface area contributed by atoms with Crippen LogP contribution in [0.5, 0.6) is 5.75 Å². The Morgan fingerprint density at radius 3 is 2.75 bits per heavy atom. The fraction of sp³-hybridized carbons (Fsp3) is 0.333. The Bertz CT molecular complexity index is 1400. The van der Waals surface area contributed by atoms with Gasteiger partial charge in [-0.3, -0.25) is 14.9 Å². The number of aromatic amines is 1. The molecule has 3 heterocycles. The lowest BCUT2D eigenvalue weighted by Crippen LogP contribution is -2.31. The number of pyridine rings is 2. The topological polar surface area (TPSA) is 92.8 Å². The number of rotatable bonds is 7. The molecule has 0 saturated heterocycles. The number of para-hydroxylation sites is 1. The van der Waals surface area contributed by atoms with Crippen molar-refractivity contribution in [1.29, 1.82) is 0 Å². The molecule has 0 unspecified atom stereocenters. The Labute approximate surface area is 219 Å². The van der Waals surface area contributed by atoms with Gasteiger partial charge in [0.2, 0.25) is 5.91 Å². The normalized spacial score (nSPS) is 14.2. The van der Waals surface area contributed by atoms with Gasteiger partial charge in [-0.15, -0.1) is 0 Å². The standard InChI is InChI=1S/C27H27Cl2N5O2/c1-16-10-20(25-23(29)14-32-34-25)19-8-5-9-24(26(19)33-16)36-15-21-18(11-30-13-22(21)28)12-31-27(35)17-6-3-2-4-7-17/h5,8-11,13-14,17H,2-4,6-7,12,15H2,1H3,(H,31,35)(H,32,34). The summed E-state index contributed by atoms with van der Waals surface area (Å²) >= 11 is 12.9. The number of aryl methyl sites for hydroxylation is 1. The lowest BCUT2D eigenvalue weighted by molar-refractivity contribution is -0.126. The Balaban J connectivity index is 1.38. The summed E-state index contributed by atoms with van der Waals surface area (Å²) in [6.45, 7) is 2.50. The Morgan fingerprint density at radius 2 is 1.97 bits per heavy atom. The highest BCUT2D eigenvalue weighted by atomic mass is 35.5. The molecule has 1 aliphatic carbocycles. The van der Waals surface area contributed by atoms with E-state index in [1.165, 1.54) is 6.42 Å². The molecule has 36 heavy (non-hydrogen) atoms. The van der Waals surface area contributed by atoms with E-state index in [2.05, 4.69) is 20.5 Å². The molecular formula is C27H27Cl2N5O2. The molecule has 4 aromatic rings. The molecule has 0 radical (unpaired) electrons. The van der Waals surface area contributed by atoms with Crippen molar-refractivity contribution in [1.82, 2.24) is 25.5 Å². The number of aromatic nitrogens is 4. The number of nitrogens with zero attached hydrogens (tertiary/aromatic N) is 3. The second-order valence-electron chi connectivity index (χ2n) is 9.16. The smallest absolute Gasteiger partial charge is 0.223 e. The number of hydrogen-bond acceptors (Lipinski definition) is 5. The largest absolute Gasteiger partial charge is 0.487 e. The number of fused-ring (bicyclic) bond motifs is 1. The Hall–Kier alpha value is -3.16. The second kappa shape index (κ2) is 10.8. The summed E-state index contributed by atoms with van der Waals surface area (Å²) in [5.74, 6) is 0.812. The highest BCUT2D eigenvalue weighted by Gasteiger charge is 2.21. The minimum absolute atomic E-state index is 0.0909. The average molecular weight is 524 g/mol. The van der Waals surface area contributed by atoms with Crippen molar-refractivity contribution in [3.05, 3.63) is 69.7 Å². The quantitative estimate of drug-likeness (QED) is 0.292. The molecule has 1 saturated carbocycles. The molecule has 2 N–H and O–H groups in total. The van der Waals surface area contributed by atoms with Crippen LogP contribution in [0.4, 0.5) is 0 Å². The maximum Gasteiger partial charge on any atom is 0.223 e. The molecule has 9 heteroatoms. The van der Waals surface area contributed by atoms with Crippen molar-refractivity contribution in [3.63, 3.8) is 0 Å². The van der Waals surface area contributed by atoms with E-state index in [1.54, 1.807) is 18.6 Å². The van der Waals surface area contributed by atoms with Gasteiger partial charge in [-0.05, 0) is 37.5 Å². The predicted molar refractivity (Wildman–Crippen MR) is 141 cm³/mol. The van der Waals surface area contributed by atoms with Crippen LogP contribution in [-0.4, -0.2) is 26.1 Å². The van der Waals surface area contributed by atoms with Gasteiger partial charge in [-0.2, -0.15) is 5.10 Å². The van der Waals surface area contributed by atoms with E-state index in [9.17, 15) is 4.79 Å². The van der Waals surface area contributed by atoms with E-state index >= 15 is 0 Å². The zero-order valence-electron chi connectivity index (χ0n) is 20.0. The van der Waals surface area contributed by atoms with Crippen LogP contribution in [0.1, 0.15) is 48.9 Å². The van der Waals surface area contributed by atoms with Gasteiger partial charge in [-0.25, -0.2) is 4.98 Å². The molecule has 0 bridgehead atoms. The van der Waals surface area contributed by atoms with Gasteiger partial charge >= 0.3 is 0 Å². The molecule has 186 valence electrons. The number of halogens is 2. The summed E-state index contributed by atoms with van der Waals surface area (Å²) in [4.78, 5) is 21.6. The second-order valence-corrected chi connectivity index (χ2v) is 9.97. The molecular weight excluding hydrogens is 497 g/mol. The van der Waals surface area contributed by atoms with Crippen LogP contribution < -0.4 is 10.1 Å². The molecule has 1 amide bonds. The number of carbonyl (C=O) groups is 1. The molecule has 3 aromatic heterocycles. The molecule has 0 aliphatic heterocycles. The Morgan fingerprint density at radius 1 is 1.14 bits per heavy atom. The van der Waals surface area contributed by atoms with Crippen LogP contribution in [0.2, 0.25) is 10.0 Å². The number of benzene rings is 1. The molecule has 5 rings (SSSR count). The summed E-state index contributed by atoms with van der Waals surface area (Å²) in [6, 6.07) is 7.75. The van der Waals surface area contributed by atoms with E-state index in [1.807, 2.05) is 31.2 Å². The third-order valence-corrected chi connectivity index (χ3v) is 7.30. The lowest BCUT2D eigenvalue weighted by atomic mass is 9.88. The van der Waals surface area contributed by atoms with E-state index in [0.29, 0.717) is 22.3 Å². The summed E-state index contributed by atoms with van der Waals surface area (Å²) < 4.78 is 6.26. The molecule has 1 fully saturated rings. The molecule has 1 aliphatic rings. The zero-order chi connectivity index (χ0) is 25.1. The van der Waals surface area contributed by atoms with Gasteiger partial charge in [-0.1, -0.05) is 54.6 Å². The number of H-pyrrole nitrogens is 1. The maximum atomic E-state index is 12.7. The third-order valence-electron chi connectivity index (χ3n) is 6.69. The first-order chi connectivity index (χ1) is 17.5. The zero-order valence-corrected chi connectivity index (χ0v) is 21.5. The lowest BCUT2D eigenvalue weighted by Gasteiger charge is -2.21. The summed E-state index contributed by atoms with van der Waals surface area (Å²) in [5, 5.41) is 12.0. The number of hydrogen-bond donors (Lipinski definition) is 2. The minimum atomic E-state index is 0.0909. The van der Waals surface area contributed by atoms with Gasteiger partial charge in [0.25, 0.3) is 0 Å². The van der Waals surface area contributed by atoms with E-state index in [-0.39, 0.29) is 18.4 Å². The van der Waals surface area contributed by atoms with Crippen LogP contribution in [0.15, 0.2) is 42.9 Å². The number of ether oxygens (including phenoxy) is 1. The van der Waals surface area contributed by atoms with Gasteiger partial charge in [0.1, 0.15) is 17.9 Å². The monoisotopic (exact) mass is 523 g/mol. The van der Waals surface area contributed by atoms with Crippen molar-refractivity contribution in [2.45, 2.75) is 52.2 Å². The first kappa shape index (κ1) is 24.5. The first-order valence-corrected chi connectivity index (χ1v) is 12.9. The maximum absolute atomic E-state index is 12.7. The van der Waals surface area contributed by atoms with Crippen LogP contribution in [0, 0.1) is 12.8 Å². The van der Waals surface area contributed by atoms with Gasteiger partial charge in [0.15, 0.2) is 0 Å². The SMILES string of the molecule is Cc1cc(-c2[nH]ncc2Cl)c2cccc(OCc3c(Cl)cncc3CNC(=O)C3CCCCC3)c2n1. The minimum Gasteiger partial charge on any atom is -0.487 e. The van der Waals surface area contributed by atoms with Crippen LogP contribution >= 0.6 is 23.2 Å². The van der Waals surface area contributed by atoms with Gasteiger partial charge < -0.3 is 10.1 Å². The van der Waals surface area contributed by atoms with Crippen molar-refractivity contribution < 1.29 is 9.53 Å². The van der Waals surface area contributed by atoms with E-state index in [0.717, 1.165) is 64.7 Å². The number of amides is 1.